The standard InChI is InChI=1S/C23H28N4O7/c1-15(26-21(29)18-4-2-3-5-19(18)22(26)30)23(31)34-14-20(28)25-12-10-24(11-13-25)16-6-8-17(9-7-16)27(32)33/h6-9,15,18-19H,2-5,10-14H2,1H3/t15-,18?,19?/m0/s1. The Morgan fingerprint density at radius 1 is 1.03 bits per heavy atom. The van der Waals surface area contributed by atoms with Gasteiger partial charge in [0.15, 0.2) is 6.61 Å². The van der Waals surface area contributed by atoms with Gasteiger partial charge in [-0.05, 0) is 31.9 Å². The van der Waals surface area contributed by atoms with Gasteiger partial charge in [-0.2, -0.15) is 0 Å². The highest BCUT2D eigenvalue weighted by Gasteiger charge is 2.51. The van der Waals surface area contributed by atoms with E-state index in [0.717, 1.165) is 23.4 Å². The lowest BCUT2D eigenvalue weighted by Gasteiger charge is -2.36. The van der Waals surface area contributed by atoms with E-state index in [-0.39, 0.29) is 35.2 Å². The topological polar surface area (TPSA) is 130 Å². The van der Waals surface area contributed by atoms with E-state index in [1.165, 1.54) is 19.1 Å². The van der Waals surface area contributed by atoms with Crippen LogP contribution in [0, 0.1) is 22.0 Å². The first kappa shape index (κ1) is 23.7. The molecule has 2 aliphatic heterocycles. The first-order valence-corrected chi connectivity index (χ1v) is 11.6. The number of likely N-dealkylation sites (tertiary alicyclic amines) is 1. The molecule has 1 aliphatic carbocycles. The number of ether oxygens (including phenoxy) is 1. The summed E-state index contributed by atoms with van der Waals surface area (Å²) in [5.74, 6) is -2.43. The molecule has 34 heavy (non-hydrogen) atoms. The Kier molecular flexibility index (Phi) is 6.80. The van der Waals surface area contributed by atoms with Crippen LogP contribution in [0.5, 0.6) is 0 Å². The number of amides is 3. The van der Waals surface area contributed by atoms with E-state index >= 15 is 0 Å². The number of benzene rings is 1. The Labute approximate surface area is 196 Å². The van der Waals surface area contributed by atoms with Crippen LogP contribution in [-0.2, 0) is 23.9 Å². The summed E-state index contributed by atoms with van der Waals surface area (Å²) < 4.78 is 5.17. The number of piperazine rings is 1. The molecule has 0 radical (unpaired) electrons. The lowest BCUT2D eigenvalue weighted by Crippen LogP contribution is -2.50. The first-order valence-electron chi connectivity index (χ1n) is 11.6. The predicted octanol–water partition coefficient (Wildman–Crippen LogP) is 1.35. The second-order valence-electron chi connectivity index (χ2n) is 8.97. The molecule has 4 rings (SSSR count). The quantitative estimate of drug-likeness (QED) is 0.262. The SMILES string of the molecule is C[C@@H](C(=O)OCC(=O)N1CCN(c2ccc([N+](=O)[O-])cc2)CC1)N1C(=O)C2CCCCC2C1=O. The van der Waals surface area contributed by atoms with Crippen molar-refractivity contribution in [3.05, 3.63) is 34.4 Å². The van der Waals surface area contributed by atoms with Crippen LogP contribution in [0.25, 0.3) is 0 Å². The zero-order valence-corrected chi connectivity index (χ0v) is 19.1. The van der Waals surface area contributed by atoms with Gasteiger partial charge in [-0.15, -0.1) is 0 Å². The number of rotatable bonds is 6. The highest BCUT2D eigenvalue weighted by molar-refractivity contribution is 6.07. The summed E-state index contributed by atoms with van der Waals surface area (Å²) in [6, 6.07) is 5.18. The number of nitro benzene ring substituents is 1. The minimum absolute atomic E-state index is 0.0182. The normalized spacial score (nSPS) is 23.5. The molecule has 1 aromatic rings. The minimum Gasteiger partial charge on any atom is -0.454 e. The van der Waals surface area contributed by atoms with Crippen molar-refractivity contribution in [2.75, 3.05) is 37.7 Å². The molecule has 3 amide bonds. The Hall–Kier alpha value is -3.50. The smallest absolute Gasteiger partial charge is 0.329 e. The van der Waals surface area contributed by atoms with E-state index < -0.39 is 23.5 Å². The van der Waals surface area contributed by atoms with Crippen molar-refractivity contribution in [2.24, 2.45) is 11.8 Å². The molecular weight excluding hydrogens is 444 g/mol. The third kappa shape index (κ3) is 4.59. The number of hydrogen-bond donors (Lipinski definition) is 0. The van der Waals surface area contributed by atoms with Crippen molar-refractivity contribution in [3.63, 3.8) is 0 Å². The number of carbonyl (C=O) groups is 4. The Morgan fingerprint density at radius 2 is 1.59 bits per heavy atom. The Morgan fingerprint density at radius 3 is 2.12 bits per heavy atom. The molecule has 2 saturated heterocycles. The van der Waals surface area contributed by atoms with Crippen LogP contribution in [0.4, 0.5) is 11.4 Å². The predicted molar refractivity (Wildman–Crippen MR) is 120 cm³/mol. The van der Waals surface area contributed by atoms with Gasteiger partial charge in [-0.1, -0.05) is 12.8 Å². The molecule has 0 bridgehead atoms. The third-order valence-corrected chi connectivity index (χ3v) is 7.00. The number of non-ortho nitro benzene ring substituents is 1. The van der Waals surface area contributed by atoms with E-state index in [1.54, 1.807) is 17.0 Å². The van der Waals surface area contributed by atoms with Crippen molar-refractivity contribution in [3.8, 4) is 0 Å². The van der Waals surface area contributed by atoms with Crippen molar-refractivity contribution in [1.82, 2.24) is 9.80 Å². The molecule has 11 heteroatoms. The summed E-state index contributed by atoms with van der Waals surface area (Å²) in [7, 11) is 0. The minimum atomic E-state index is -1.06. The summed E-state index contributed by atoms with van der Waals surface area (Å²) in [6.07, 6.45) is 3.13. The summed E-state index contributed by atoms with van der Waals surface area (Å²) in [4.78, 5) is 65.4. The fourth-order valence-electron chi connectivity index (χ4n) is 5.02. The van der Waals surface area contributed by atoms with Crippen LogP contribution in [0.2, 0.25) is 0 Å². The molecule has 3 atom stereocenters. The highest BCUT2D eigenvalue weighted by atomic mass is 16.6. The zero-order chi connectivity index (χ0) is 24.4. The van der Waals surface area contributed by atoms with Crippen LogP contribution >= 0.6 is 0 Å². The molecule has 1 saturated carbocycles. The van der Waals surface area contributed by atoms with Gasteiger partial charge < -0.3 is 14.5 Å². The third-order valence-electron chi connectivity index (χ3n) is 7.00. The molecular formula is C23H28N4O7. The van der Waals surface area contributed by atoms with Crippen LogP contribution in [0.15, 0.2) is 24.3 Å². The largest absolute Gasteiger partial charge is 0.454 e. The van der Waals surface area contributed by atoms with E-state index in [2.05, 4.69) is 0 Å². The van der Waals surface area contributed by atoms with Crippen molar-refractivity contribution >= 4 is 35.1 Å². The molecule has 11 nitrogen and oxygen atoms in total. The van der Waals surface area contributed by atoms with Gasteiger partial charge in [-0.3, -0.25) is 29.4 Å². The fraction of sp³-hybridized carbons (Fsp3) is 0.565. The van der Waals surface area contributed by atoms with Gasteiger partial charge in [0, 0.05) is 44.0 Å². The van der Waals surface area contributed by atoms with Crippen molar-refractivity contribution in [2.45, 2.75) is 38.6 Å². The number of hydrogen-bond acceptors (Lipinski definition) is 8. The average Bonchev–Trinajstić information content (AvgIpc) is 3.12. The summed E-state index contributed by atoms with van der Waals surface area (Å²) in [6.45, 7) is 2.90. The van der Waals surface area contributed by atoms with E-state index in [1.807, 2.05) is 4.90 Å². The molecule has 3 aliphatic rings. The van der Waals surface area contributed by atoms with Crippen molar-refractivity contribution < 1.29 is 28.8 Å². The number of esters is 1. The van der Waals surface area contributed by atoms with Gasteiger partial charge in [0.25, 0.3) is 11.6 Å². The number of carbonyl (C=O) groups excluding carboxylic acids is 4. The lowest BCUT2D eigenvalue weighted by molar-refractivity contribution is -0.384. The van der Waals surface area contributed by atoms with E-state index in [4.69, 9.17) is 4.74 Å². The highest BCUT2D eigenvalue weighted by Crippen LogP contribution is 2.38. The first-order chi connectivity index (χ1) is 16.3. The lowest BCUT2D eigenvalue weighted by atomic mass is 9.81. The maximum Gasteiger partial charge on any atom is 0.329 e. The molecule has 0 spiro atoms. The van der Waals surface area contributed by atoms with E-state index in [0.29, 0.717) is 39.0 Å². The van der Waals surface area contributed by atoms with Gasteiger partial charge in [-0.25, -0.2) is 4.79 Å². The number of nitro groups is 1. The molecule has 2 heterocycles. The van der Waals surface area contributed by atoms with Gasteiger partial charge >= 0.3 is 5.97 Å². The Bertz CT molecular complexity index is 964. The molecule has 3 fully saturated rings. The molecule has 2 unspecified atom stereocenters. The number of fused-ring (bicyclic) bond motifs is 1. The van der Waals surface area contributed by atoms with Crippen molar-refractivity contribution in [1.29, 1.82) is 0 Å². The number of nitrogens with zero attached hydrogens (tertiary/aromatic N) is 4. The van der Waals surface area contributed by atoms with Gasteiger partial charge in [0.1, 0.15) is 6.04 Å². The maximum atomic E-state index is 12.7. The van der Waals surface area contributed by atoms with Gasteiger partial charge in [0.05, 0.1) is 16.8 Å². The monoisotopic (exact) mass is 472 g/mol. The average molecular weight is 472 g/mol. The molecule has 0 N–H and O–H groups in total. The molecule has 182 valence electrons. The molecule has 0 aromatic heterocycles. The maximum absolute atomic E-state index is 12.7. The fourth-order valence-corrected chi connectivity index (χ4v) is 5.02. The Balaban J connectivity index is 1.25. The molecule has 1 aromatic carbocycles. The number of imide groups is 1. The summed E-state index contributed by atoms with van der Waals surface area (Å²) in [5.41, 5.74) is 0.850. The van der Waals surface area contributed by atoms with Gasteiger partial charge in [0.2, 0.25) is 11.8 Å². The zero-order valence-electron chi connectivity index (χ0n) is 19.1. The van der Waals surface area contributed by atoms with Crippen LogP contribution in [0.1, 0.15) is 32.6 Å². The second kappa shape index (κ2) is 9.78. The summed E-state index contributed by atoms with van der Waals surface area (Å²) >= 11 is 0. The second-order valence-corrected chi connectivity index (χ2v) is 8.97. The summed E-state index contributed by atoms with van der Waals surface area (Å²) in [5, 5.41) is 10.8. The van der Waals surface area contributed by atoms with Crippen LogP contribution in [0.3, 0.4) is 0 Å². The number of anilines is 1. The van der Waals surface area contributed by atoms with E-state index in [9.17, 15) is 29.3 Å². The van der Waals surface area contributed by atoms with Crippen LogP contribution < -0.4 is 4.90 Å². The van der Waals surface area contributed by atoms with Crippen LogP contribution in [-0.4, -0.2) is 77.2 Å².